The molecule has 7 nitrogen and oxygen atoms in total. The lowest BCUT2D eigenvalue weighted by Gasteiger charge is -2.22. The minimum Gasteiger partial charge on any atom is -0.354 e. The molecule has 0 spiro atoms. The fourth-order valence-electron chi connectivity index (χ4n) is 3.28. The largest absolute Gasteiger partial charge is 0.354 e. The van der Waals surface area contributed by atoms with E-state index in [4.69, 9.17) is 0 Å². The number of fused-ring (bicyclic) bond motifs is 1. The van der Waals surface area contributed by atoms with Crippen LogP contribution in [0, 0.1) is 0 Å². The molecule has 0 aromatic carbocycles. The molecule has 0 saturated carbocycles. The monoisotopic (exact) mass is 291 g/mol. The minimum absolute atomic E-state index is 0.458. The van der Waals surface area contributed by atoms with E-state index in [1.54, 1.807) is 0 Å². The van der Waals surface area contributed by atoms with Crippen LogP contribution in [-0.4, -0.2) is 65.7 Å². The summed E-state index contributed by atoms with van der Waals surface area (Å²) in [5.74, 6) is 2.01. The number of aromatic nitrogens is 3. The van der Waals surface area contributed by atoms with Crippen LogP contribution in [0.3, 0.4) is 0 Å². The quantitative estimate of drug-likeness (QED) is 0.839. The molecule has 3 heterocycles. The molecule has 0 radical (unpaired) electrons. The van der Waals surface area contributed by atoms with Gasteiger partial charge in [0.05, 0.1) is 0 Å². The highest BCUT2D eigenvalue weighted by Gasteiger charge is 2.37. The van der Waals surface area contributed by atoms with Crippen LogP contribution in [0.5, 0.6) is 0 Å². The molecule has 2 aliphatic rings. The average molecular weight is 291 g/mol. The molecule has 2 N–H and O–H groups in total. The highest BCUT2D eigenvalue weighted by molar-refractivity contribution is 5.43. The molecule has 1 aromatic rings. The zero-order valence-corrected chi connectivity index (χ0v) is 13.1. The van der Waals surface area contributed by atoms with Crippen molar-refractivity contribution in [3.63, 3.8) is 0 Å². The normalized spacial score (nSPS) is 24.9. The summed E-state index contributed by atoms with van der Waals surface area (Å²) in [6, 6.07) is 1.10. The summed E-state index contributed by atoms with van der Waals surface area (Å²) in [5, 5.41) is 6.71. The van der Waals surface area contributed by atoms with E-state index in [1.165, 1.54) is 32.4 Å². The van der Waals surface area contributed by atoms with Crippen LogP contribution in [-0.2, 0) is 0 Å². The molecule has 3 rings (SSSR count). The summed E-state index contributed by atoms with van der Waals surface area (Å²) in [7, 11) is 3.90. The first-order valence-corrected chi connectivity index (χ1v) is 7.85. The Hall–Kier alpha value is -1.63. The van der Waals surface area contributed by atoms with E-state index >= 15 is 0 Å². The molecule has 116 valence electrons. The Balaban J connectivity index is 1.77. The van der Waals surface area contributed by atoms with Crippen molar-refractivity contribution in [2.24, 2.45) is 0 Å². The highest BCUT2D eigenvalue weighted by Crippen LogP contribution is 2.29. The van der Waals surface area contributed by atoms with Crippen molar-refractivity contribution in [1.29, 1.82) is 0 Å². The second-order valence-electron chi connectivity index (χ2n) is 5.99. The van der Waals surface area contributed by atoms with Gasteiger partial charge in [0.25, 0.3) is 0 Å². The van der Waals surface area contributed by atoms with Gasteiger partial charge < -0.3 is 15.5 Å². The van der Waals surface area contributed by atoms with E-state index in [2.05, 4.69) is 30.5 Å². The van der Waals surface area contributed by atoms with Gasteiger partial charge in [0.2, 0.25) is 17.8 Å². The maximum atomic E-state index is 4.53. The van der Waals surface area contributed by atoms with Gasteiger partial charge in [0, 0.05) is 39.3 Å². The number of rotatable bonds is 5. The van der Waals surface area contributed by atoms with Crippen LogP contribution in [0.4, 0.5) is 17.8 Å². The van der Waals surface area contributed by atoms with Gasteiger partial charge in [-0.05, 0) is 32.7 Å². The molecule has 0 amide bonds. The first-order valence-electron chi connectivity index (χ1n) is 7.85. The van der Waals surface area contributed by atoms with Crippen LogP contribution in [0.15, 0.2) is 0 Å². The van der Waals surface area contributed by atoms with Crippen molar-refractivity contribution in [2.45, 2.75) is 38.3 Å². The van der Waals surface area contributed by atoms with Crippen molar-refractivity contribution in [3.8, 4) is 0 Å². The molecular weight excluding hydrogens is 266 g/mol. The Kier molecular flexibility index (Phi) is 4.10. The van der Waals surface area contributed by atoms with Gasteiger partial charge in [-0.3, -0.25) is 4.90 Å². The number of nitrogens with one attached hydrogen (secondary N) is 2. The molecule has 2 unspecified atom stereocenters. The van der Waals surface area contributed by atoms with Crippen molar-refractivity contribution in [3.05, 3.63) is 0 Å². The fourth-order valence-corrected chi connectivity index (χ4v) is 3.28. The van der Waals surface area contributed by atoms with Crippen molar-refractivity contribution >= 4 is 17.8 Å². The van der Waals surface area contributed by atoms with Crippen LogP contribution < -0.4 is 15.5 Å². The maximum Gasteiger partial charge on any atom is 0.231 e. The third-order valence-electron chi connectivity index (χ3n) is 4.28. The summed E-state index contributed by atoms with van der Waals surface area (Å²) in [6.07, 6.45) is 3.76. The summed E-state index contributed by atoms with van der Waals surface area (Å²) in [6.45, 7) is 5.27. The van der Waals surface area contributed by atoms with Crippen molar-refractivity contribution < 1.29 is 0 Å². The molecule has 0 bridgehead atoms. The van der Waals surface area contributed by atoms with Gasteiger partial charge in [0.1, 0.15) is 0 Å². The molecule has 2 atom stereocenters. The molecule has 2 saturated heterocycles. The second-order valence-corrected chi connectivity index (χ2v) is 5.99. The third-order valence-corrected chi connectivity index (χ3v) is 4.28. The van der Waals surface area contributed by atoms with Crippen LogP contribution in [0.2, 0.25) is 0 Å². The predicted molar refractivity (Wildman–Crippen MR) is 84.9 cm³/mol. The number of hydrogen-bond donors (Lipinski definition) is 2. The van der Waals surface area contributed by atoms with Crippen molar-refractivity contribution in [1.82, 2.24) is 19.9 Å². The third kappa shape index (κ3) is 3.02. The van der Waals surface area contributed by atoms with Crippen molar-refractivity contribution in [2.75, 3.05) is 49.3 Å². The smallest absolute Gasteiger partial charge is 0.231 e. The Morgan fingerprint density at radius 3 is 2.71 bits per heavy atom. The topological polar surface area (TPSA) is 69.2 Å². The molecule has 0 aliphatic carbocycles. The SMILES string of the molecule is CCNc1nc(NC2CCN3CCCC23)nc(N(C)C)n1. The summed E-state index contributed by atoms with van der Waals surface area (Å²) >= 11 is 0. The molecule has 1 aromatic heterocycles. The molecule has 2 aliphatic heterocycles. The lowest BCUT2D eigenvalue weighted by molar-refractivity contribution is 0.318. The number of hydrogen-bond acceptors (Lipinski definition) is 7. The van der Waals surface area contributed by atoms with Crippen LogP contribution >= 0.6 is 0 Å². The van der Waals surface area contributed by atoms with Crippen LogP contribution in [0.1, 0.15) is 26.2 Å². The second kappa shape index (κ2) is 6.01. The zero-order chi connectivity index (χ0) is 14.8. The van der Waals surface area contributed by atoms with Gasteiger partial charge in [-0.2, -0.15) is 15.0 Å². The van der Waals surface area contributed by atoms with E-state index in [0.717, 1.165) is 6.54 Å². The first-order chi connectivity index (χ1) is 10.2. The number of nitrogens with zero attached hydrogens (tertiary/aromatic N) is 5. The number of anilines is 3. The Morgan fingerprint density at radius 1 is 1.14 bits per heavy atom. The molecule has 7 heteroatoms. The van der Waals surface area contributed by atoms with Gasteiger partial charge in [-0.15, -0.1) is 0 Å². The zero-order valence-electron chi connectivity index (χ0n) is 13.1. The van der Waals surface area contributed by atoms with Crippen LogP contribution in [0.25, 0.3) is 0 Å². The molecular formula is C14H25N7. The maximum absolute atomic E-state index is 4.53. The van der Waals surface area contributed by atoms with E-state index in [1.807, 2.05) is 25.9 Å². The van der Waals surface area contributed by atoms with Gasteiger partial charge >= 0.3 is 0 Å². The van der Waals surface area contributed by atoms with Gasteiger partial charge in [-0.1, -0.05) is 0 Å². The minimum atomic E-state index is 0.458. The summed E-state index contributed by atoms with van der Waals surface area (Å²) in [5.41, 5.74) is 0. The van der Waals surface area contributed by atoms with E-state index in [0.29, 0.717) is 29.9 Å². The Bertz CT molecular complexity index is 490. The Morgan fingerprint density at radius 2 is 1.95 bits per heavy atom. The van der Waals surface area contributed by atoms with E-state index in [9.17, 15) is 0 Å². The predicted octanol–water partition coefficient (Wildman–Crippen LogP) is 1.02. The lowest BCUT2D eigenvalue weighted by Crippen LogP contribution is -2.34. The molecule has 21 heavy (non-hydrogen) atoms. The Labute approximate surface area is 126 Å². The first kappa shape index (κ1) is 14.3. The van der Waals surface area contributed by atoms with E-state index < -0.39 is 0 Å². The average Bonchev–Trinajstić information content (AvgIpc) is 3.04. The summed E-state index contributed by atoms with van der Waals surface area (Å²) < 4.78 is 0. The van der Waals surface area contributed by atoms with Gasteiger partial charge in [-0.25, -0.2) is 0 Å². The highest BCUT2D eigenvalue weighted by atomic mass is 15.3. The molecule has 2 fully saturated rings. The van der Waals surface area contributed by atoms with Gasteiger partial charge in [0.15, 0.2) is 0 Å². The van der Waals surface area contributed by atoms with E-state index in [-0.39, 0.29) is 0 Å². The lowest BCUT2D eigenvalue weighted by atomic mass is 10.1. The fraction of sp³-hybridized carbons (Fsp3) is 0.786. The standard InChI is InChI=1S/C14H25N7/c1-4-15-12-17-13(19-14(18-12)20(2)3)16-10-7-9-21-8-5-6-11(10)21/h10-11H,4-9H2,1-3H3,(H2,15,16,17,18,19). The summed E-state index contributed by atoms with van der Waals surface area (Å²) in [4.78, 5) is 17.9.